The van der Waals surface area contributed by atoms with Gasteiger partial charge in [0.05, 0.1) is 0 Å². The number of halogens is 6. The number of hydrogen-bond donors (Lipinski definition) is 2. The van der Waals surface area contributed by atoms with Crippen molar-refractivity contribution >= 4 is 11.9 Å². The number of carbonyl (C=O) groups is 2. The largest absolute Gasteiger partial charge is 0.484 e. The molecule has 0 heterocycles. The molecule has 0 fully saturated rings. The summed E-state index contributed by atoms with van der Waals surface area (Å²) in [7, 11) is 0. The molecule has 6 nitrogen and oxygen atoms in total. The van der Waals surface area contributed by atoms with Gasteiger partial charge in [0.25, 0.3) is 5.91 Å². The number of nitrogens with one attached hydrogen (secondary N) is 1. The Kier molecular flexibility index (Phi) is 6.70. The summed E-state index contributed by atoms with van der Waals surface area (Å²) in [5.74, 6) is -3.59. The van der Waals surface area contributed by atoms with Crippen LogP contribution in [-0.4, -0.2) is 48.6 Å². The zero-order chi connectivity index (χ0) is 20.1. The van der Waals surface area contributed by atoms with E-state index in [4.69, 9.17) is 5.11 Å². The number of amides is 1. The summed E-state index contributed by atoms with van der Waals surface area (Å²) >= 11 is 0. The molecule has 0 aliphatic heterocycles. The van der Waals surface area contributed by atoms with Crippen molar-refractivity contribution in [3.05, 3.63) is 23.8 Å². The number of rotatable bonds is 7. The molecule has 0 radical (unpaired) electrons. The molecule has 26 heavy (non-hydrogen) atoms. The first-order valence-corrected chi connectivity index (χ1v) is 6.85. The molecule has 0 spiro atoms. The maximum absolute atomic E-state index is 12.2. The molecule has 0 bridgehead atoms. The number of ether oxygens (including phenoxy) is 2. The standard InChI is InChI=1S/C14H13F6NO5/c1-7(12(23)24)21-11(22)8-2-9(25-5-13(15,16)17)4-10(3-8)26-6-14(18,19)20/h2-4,7H,5-6H2,1H3,(H,21,22)(H,23,24). The molecule has 12 heteroatoms. The summed E-state index contributed by atoms with van der Waals surface area (Å²) in [5.41, 5.74) is -0.435. The van der Waals surface area contributed by atoms with E-state index in [1.54, 1.807) is 0 Å². The normalized spacial score (nSPS) is 13.0. The van der Waals surface area contributed by atoms with Gasteiger partial charge in [-0.15, -0.1) is 0 Å². The quantitative estimate of drug-likeness (QED) is 0.701. The average molecular weight is 389 g/mol. The molecular weight excluding hydrogens is 376 g/mol. The van der Waals surface area contributed by atoms with E-state index in [1.165, 1.54) is 0 Å². The zero-order valence-corrected chi connectivity index (χ0v) is 13.1. The number of benzene rings is 1. The van der Waals surface area contributed by atoms with Crippen molar-refractivity contribution in [1.82, 2.24) is 5.32 Å². The Balaban J connectivity index is 3.06. The second-order valence-corrected chi connectivity index (χ2v) is 5.03. The van der Waals surface area contributed by atoms with E-state index in [-0.39, 0.29) is 0 Å². The van der Waals surface area contributed by atoms with Gasteiger partial charge in [-0.2, -0.15) is 26.3 Å². The maximum atomic E-state index is 12.2. The Hall–Kier alpha value is -2.66. The maximum Gasteiger partial charge on any atom is 0.422 e. The van der Waals surface area contributed by atoms with Crippen LogP contribution in [0.3, 0.4) is 0 Å². The van der Waals surface area contributed by atoms with Gasteiger partial charge in [-0.25, -0.2) is 0 Å². The van der Waals surface area contributed by atoms with Crippen LogP contribution in [0.4, 0.5) is 26.3 Å². The fraction of sp³-hybridized carbons (Fsp3) is 0.429. The lowest BCUT2D eigenvalue weighted by molar-refractivity contribution is -0.154. The number of carbonyl (C=O) groups excluding carboxylic acids is 1. The van der Waals surface area contributed by atoms with Crippen LogP contribution in [0.1, 0.15) is 17.3 Å². The SMILES string of the molecule is CC(NC(=O)c1cc(OCC(F)(F)F)cc(OCC(F)(F)F)c1)C(=O)O. The van der Waals surface area contributed by atoms with E-state index in [1.807, 2.05) is 5.32 Å². The highest BCUT2D eigenvalue weighted by atomic mass is 19.4. The van der Waals surface area contributed by atoms with Crippen molar-refractivity contribution in [1.29, 1.82) is 0 Å². The van der Waals surface area contributed by atoms with Gasteiger partial charge in [-0.05, 0) is 19.1 Å². The second kappa shape index (κ2) is 8.15. The van der Waals surface area contributed by atoms with E-state index in [9.17, 15) is 35.9 Å². The van der Waals surface area contributed by atoms with Gasteiger partial charge in [0, 0.05) is 11.6 Å². The summed E-state index contributed by atoms with van der Waals surface area (Å²) in [6, 6.07) is 1.03. The van der Waals surface area contributed by atoms with E-state index in [0.29, 0.717) is 0 Å². The summed E-state index contributed by atoms with van der Waals surface area (Å²) in [6.45, 7) is -2.38. The molecule has 1 atom stereocenters. The molecule has 0 aliphatic carbocycles. The van der Waals surface area contributed by atoms with Crippen molar-refractivity contribution in [3.8, 4) is 11.5 Å². The van der Waals surface area contributed by atoms with Gasteiger partial charge in [-0.1, -0.05) is 0 Å². The van der Waals surface area contributed by atoms with Gasteiger partial charge >= 0.3 is 18.3 Å². The zero-order valence-electron chi connectivity index (χ0n) is 13.1. The molecule has 0 aliphatic rings. The number of aliphatic carboxylic acids is 1. The fourth-order valence-electron chi connectivity index (χ4n) is 1.54. The van der Waals surface area contributed by atoms with E-state index < -0.39 is 60.5 Å². The second-order valence-electron chi connectivity index (χ2n) is 5.03. The Morgan fingerprint density at radius 2 is 1.42 bits per heavy atom. The van der Waals surface area contributed by atoms with Crippen LogP contribution in [0.15, 0.2) is 18.2 Å². The van der Waals surface area contributed by atoms with Crippen LogP contribution in [0.2, 0.25) is 0 Å². The van der Waals surface area contributed by atoms with Crippen LogP contribution >= 0.6 is 0 Å². The molecule has 0 saturated heterocycles. The Labute approximate surface area is 142 Å². The molecular formula is C14H13F6NO5. The lowest BCUT2D eigenvalue weighted by Gasteiger charge is -2.15. The first kappa shape index (κ1) is 21.4. The van der Waals surface area contributed by atoms with Gasteiger partial charge in [-0.3, -0.25) is 9.59 Å². The lowest BCUT2D eigenvalue weighted by Crippen LogP contribution is -2.38. The van der Waals surface area contributed by atoms with Crippen molar-refractivity contribution < 1.29 is 50.5 Å². The predicted molar refractivity (Wildman–Crippen MR) is 74.1 cm³/mol. The third-order valence-electron chi connectivity index (χ3n) is 2.67. The molecule has 1 unspecified atom stereocenters. The minimum absolute atomic E-state index is 0.435. The molecule has 146 valence electrons. The van der Waals surface area contributed by atoms with Gasteiger partial charge in [0.1, 0.15) is 17.5 Å². The van der Waals surface area contributed by atoms with Crippen molar-refractivity contribution in [2.75, 3.05) is 13.2 Å². The van der Waals surface area contributed by atoms with Crippen LogP contribution in [-0.2, 0) is 4.79 Å². The molecule has 0 aromatic heterocycles. The molecule has 2 N–H and O–H groups in total. The molecule has 1 amide bonds. The summed E-state index contributed by atoms with van der Waals surface area (Å²) in [6.07, 6.45) is -9.44. The Bertz CT molecular complexity index is 622. The van der Waals surface area contributed by atoms with Crippen LogP contribution in [0, 0.1) is 0 Å². The van der Waals surface area contributed by atoms with Crippen LogP contribution < -0.4 is 14.8 Å². The molecule has 1 rings (SSSR count). The van der Waals surface area contributed by atoms with Crippen molar-refractivity contribution in [2.45, 2.75) is 25.3 Å². The molecule has 0 saturated carbocycles. The van der Waals surface area contributed by atoms with Crippen LogP contribution in [0.25, 0.3) is 0 Å². The lowest BCUT2D eigenvalue weighted by atomic mass is 10.1. The number of carboxylic acid groups (broad SMARTS) is 1. The topological polar surface area (TPSA) is 84.9 Å². The van der Waals surface area contributed by atoms with Gasteiger partial charge < -0.3 is 19.9 Å². The fourth-order valence-corrected chi connectivity index (χ4v) is 1.54. The molecule has 1 aromatic carbocycles. The highest BCUT2D eigenvalue weighted by Gasteiger charge is 2.30. The number of hydrogen-bond acceptors (Lipinski definition) is 4. The van der Waals surface area contributed by atoms with Crippen LogP contribution in [0.5, 0.6) is 11.5 Å². The summed E-state index contributed by atoms with van der Waals surface area (Å²) < 4.78 is 82.1. The minimum atomic E-state index is -4.72. The first-order chi connectivity index (χ1) is 11.8. The highest BCUT2D eigenvalue weighted by Crippen LogP contribution is 2.27. The minimum Gasteiger partial charge on any atom is -0.484 e. The van der Waals surface area contributed by atoms with E-state index in [2.05, 4.69) is 9.47 Å². The first-order valence-electron chi connectivity index (χ1n) is 6.85. The van der Waals surface area contributed by atoms with E-state index >= 15 is 0 Å². The number of alkyl halides is 6. The van der Waals surface area contributed by atoms with E-state index in [0.717, 1.165) is 25.1 Å². The Morgan fingerprint density at radius 1 is 1.00 bits per heavy atom. The predicted octanol–water partition coefficient (Wildman–Crippen LogP) is 2.77. The number of carboxylic acids is 1. The third kappa shape index (κ3) is 7.94. The smallest absolute Gasteiger partial charge is 0.422 e. The van der Waals surface area contributed by atoms with Crippen molar-refractivity contribution in [3.63, 3.8) is 0 Å². The van der Waals surface area contributed by atoms with Gasteiger partial charge in [0.15, 0.2) is 13.2 Å². The van der Waals surface area contributed by atoms with Gasteiger partial charge in [0.2, 0.25) is 0 Å². The Morgan fingerprint density at radius 3 is 1.77 bits per heavy atom. The third-order valence-corrected chi connectivity index (χ3v) is 2.67. The molecule has 1 aromatic rings. The van der Waals surface area contributed by atoms with Crippen molar-refractivity contribution in [2.24, 2.45) is 0 Å². The highest BCUT2D eigenvalue weighted by molar-refractivity contribution is 5.97. The monoisotopic (exact) mass is 389 g/mol. The average Bonchev–Trinajstić information content (AvgIpc) is 2.49. The summed E-state index contributed by atoms with van der Waals surface area (Å²) in [5, 5.41) is 10.7. The summed E-state index contributed by atoms with van der Waals surface area (Å²) in [4.78, 5) is 22.6.